The molecule has 0 aliphatic heterocycles. The van der Waals surface area contributed by atoms with Gasteiger partial charge >= 0.3 is 5.63 Å². The minimum Gasteiger partial charge on any atom is -0.436 e. The number of nitrogens with zero attached hydrogens (tertiary/aromatic N) is 1. The standard InChI is InChI=1S/C30H20N2O4/c1-18-22(29-32-25-12-3-5-15-27(25)35-29)11-7-13-24(18)31-28(33)21-10-6-9-19(16-21)23-17-20-8-2-4-14-26(20)36-30(23)34/h2-17H,1H3,(H,31,33). The normalized spacial score (nSPS) is 11.1. The number of benzene rings is 4. The molecule has 0 radical (unpaired) electrons. The number of anilines is 1. The second-order valence-corrected chi connectivity index (χ2v) is 8.49. The number of carbonyl (C=O) groups excluding carboxylic acids is 1. The van der Waals surface area contributed by atoms with Crippen molar-refractivity contribution in [2.24, 2.45) is 0 Å². The predicted molar refractivity (Wildman–Crippen MR) is 140 cm³/mol. The molecule has 6 rings (SSSR count). The van der Waals surface area contributed by atoms with Crippen LogP contribution in [0.25, 0.3) is 44.7 Å². The number of hydrogen-bond donors (Lipinski definition) is 1. The highest BCUT2D eigenvalue weighted by molar-refractivity contribution is 6.05. The zero-order chi connectivity index (χ0) is 24.6. The van der Waals surface area contributed by atoms with Gasteiger partial charge in [-0.05, 0) is 66.6 Å². The SMILES string of the molecule is Cc1c(NC(=O)c2cccc(-c3cc4ccccc4oc3=O)c2)cccc1-c1nc2ccccc2o1. The van der Waals surface area contributed by atoms with Gasteiger partial charge in [-0.25, -0.2) is 9.78 Å². The quantitative estimate of drug-likeness (QED) is 0.284. The van der Waals surface area contributed by atoms with Crippen molar-refractivity contribution in [3.8, 4) is 22.6 Å². The fourth-order valence-corrected chi connectivity index (χ4v) is 4.28. The van der Waals surface area contributed by atoms with Crippen LogP contribution in [0.4, 0.5) is 5.69 Å². The summed E-state index contributed by atoms with van der Waals surface area (Å²) in [6.45, 7) is 1.91. The molecule has 0 bridgehead atoms. The lowest BCUT2D eigenvalue weighted by Gasteiger charge is -2.11. The molecule has 4 aromatic carbocycles. The molecule has 174 valence electrons. The van der Waals surface area contributed by atoms with E-state index >= 15 is 0 Å². The molecule has 36 heavy (non-hydrogen) atoms. The lowest BCUT2D eigenvalue weighted by atomic mass is 10.0. The van der Waals surface area contributed by atoms with E-state index in [0.29, 0.717) is 39.4 Å². The molecule has 0 unspecified atom stereocenters. The van der Waals surface area contributed by atoms with E-state index in [-0.39, 0.29) is 5.91 Å². The van der Waals surface area contributed by atoms with E-state index in [1.165, 1.54) is 0 Å². The third-order valence-electron chi connectivity index (χ3n) is 6.18. The highest BCUT2D eigenvalue weighted by atomic mass is 16.4. The summed E-state index contributed by atoms with van der Waals surface area (Å²) in [4.78, 5) is 30.4. The smallest absolute Gasteiger partial charge is 0.344 e. The molecule has 6 aromatic rings. The molecule has 0 aliphatic carbocycles. The number of oxazole rings is 1. The Morgan fingerprint density at radius 2 is 1.56 bits per heavy atom. The van der Waals surface area contributed by atoms with Crippen molar-refractivity contribution in [1.82, 2.24) is 4.98 Å². The van der Waals surface area contributed by atoms with Crippen LogP contribution in [0.5, 0.6) is 0 Å². The zero-order valence-corrected chi connectivity index (χ0v) is 19.3. The summed E-state index contributed by atoms with van der Waals surface area (Å²) in [5, 5.41) is 3.80. The van der Waals surface area contributed by atoms with Gasteiger partial charge in [0, 0.05) is 22.2 Å². The summed E-state index contributed by atoms with van der Waals surface area (Å²) in [6.07, 6.45) is 0. The number of aromatic nitrogens is 1. The van der Waals surface area contributed by atoms with Gasteiger partial charge in [-0.3, -0.25) is 4.79 Å². The Labute approximate surface area is 205 Å². The lowest BCUT2D eigenvalue weighted by Crippen LogP contribution is -2.13. The van der Waals surface area contributed by atoms with Crippen molar-refractivity contribution in [1.29, 1.82) is 0 Å². The van der Waals surface area contributed by atoms with Gasteiger partial charge in [0.2, 0.25) is 5.89 Å². The van der Waals surface area contributed by atoms with Gasteiger partial charge in [0.15, 0.2) is 5.58 Å². The molecule has 0 fully saturated rings. The van der Waals surface area contributed by atoms with E-state index < -0.39 is 5.63 Å². The molecule has 1 amide bonds. The third kappa shape index (κ3) is 3.84. The molecule has 2 aromatic heterocycles. The molecule has 2 heterocycles. The molecule has 0 saturated heterocycles. The Kier molecular flexibility index (Phi) is 5.19. The van der Waals surface area contributed by atoms with E-state index in [4.69, 9.17) is 8.83 Å². The van der Waals surface area contributed by atoms with Crippen molar-refractivity contribution >= 4 is 33.7 Å². The first-order valence-electron chi connectivity index (χ1n) is 11.5. The van der Waals surface area contributed by atoms with E-state index in [0.717, 1.165) is 22.0 Å². The van der Waals surface area contributed by atoms with Crippen molar-refractivity contribution in [2.45, 2.75) is 6.92 Å². The summed E-state index contributed by atoms with van der Waals surface area (Å²) < 4.78 is 11.4. The highest BCUT2D eigenvalue weighted by Crippen LogP contribution is 2.31. The van der Waals surface area contributed by atoms with Crippen LogP contribution in [-0.4, -0.2) is 10.9 Å². The molecule has 0 aliphatic rings. The van der Waals surface area contributed by atoms with Crippen LogP contribution in [0.2, 0.25) is 0 Å². The van der Waals surface area contributed by atoms with Gasteiger partial charge in [0.1, 0.15) is 11.1 Å². The maximum absolute atomic E-state index is 13.2. The minimum absolute atomic E-state index is 0.292. The van der Waals surface area contributed by atoms with Gasteiger partial charge in [-0.15, -0.1) is 0 Å². The van der Waals surface area contributed by atoms with Crippen LogP contribution in [-0.2, 0) is 0 Å². The monoisotopic (exact) mass is 472 g/mol. The van der Waals surface area contributed by atoms with Crippen molar-refractivity contribution < 1.29 is 13.6 Å². The van der Waals surface area contributed by atoms with E-state index in [1.54, 1.807) is 36.4 Å². The Bertz CT molecular complexity index is 1800. The molecular weight excluding hydrogens is 452 g/mol. The van der Waals surface area contributed by atoms with Gasteiger partial charge in [-0.2, -0.15) is 0 Å². The summed E-state index contributed by atoms with van der Waals surface area (Å²) in [7, 11) is 0. The number of rotatable bonds is 4. The average molecular weight is 473 g/mol. The van der Waals surface area contributed by atoms with Gasteiger partial charge < -0.3 is 14.2 Å². The molecule has 0 atom stereocenters. The number of hydrogen-bond acceptors (Lipinski definition) is 5. The number of carbonyl (C=O) groups is 1. The second kappa shape index (κ2) is 8.67. The van der Waals surface area contributed by atoms with Gasteiger partial charge in [-0.1, -0.05) is 48.5 Å². The lowest BCUT2D eigenvalue weighted by molar-refractivity contribution is 0.102. The predicted octanol–water partition coefficient (Wildman–Crippen LogP) is 6.83. The first-order chi connectivity index (χ1) is 17.6. The molecule has 6 nitrogen and oxygen atoms in total. The van der Waals surface area contributed by atoms with Crippen molar-refractivity contribution in [3.05, 3.63) is 119 Å². The summed E-state index contributed by atoms with van der Waals surface area (Å²) in [5.74, 6) is 0.203. The molecule has 0 spiro atoms. The Morgan fingerprint density at radius 3 is 2.42 bits per heavy atom. The van der Waals surface area contributed by atoms with E-state index in [1.807, 2.05) is 67.6 Å². The largest absolute Gasteiger partial charge is 0.436 e. The maximum Gasteiger partial charge on any atom is 0.344 e. The first-order valence-corrected chi connectivity index (χ1v) is 11.5. The number of amides is 1. The first kappa shape index (κ1) is 21.6. The topological polar surface area (TPSA) is 85.3 Å². The summed E-state index contributed by atoms with van der Waals surface area (Å²) in [5.41, 5.74) is 5.27. The van der Waals surface area contributed by atoms with Crippen molar-refractivity contribution in [2.75, 3.05) is 5.32 Å². The zero-order valence-electron chi connectivity index (χ0n) is 19.3. The van der Waals surface area contributed by atoms with Gasteiger partial charge in [0.05, 0.1) is 5.56 Å². The number of fused-ring (bicyclic) bond motifs is 2. The Hall–Kier alpha value is -4.97. The van der Waals surface area contributed by atoms with Crippen LogP contribution in [0.1, 0.15) is 15.9 Å². The highest BCUT2D eigenvalue weighted by Gasteiger charge is 2.16. The maximum atomic E-state index is 13.2. The minimum atomic E-state index is -0.451. The number of para-hydroxylation sites is 3. The average Bonchev–Trinajstić information content (AvgIpc) is 3.33. The van der Waals surface area contributed by atoms with Gasteiger partial charge in [0.25, 0.3) is 5.91 Å². The number of nitrogens with one attached hydrogen (secondary N) is 1. The van der Waals surface area contributed by atoms with E-state index in [2.05, 4.69) is 10.3 Å². The third-order valence-corrected chi connectivity index (χ3v) is 6.18. The van der Waals surface area contributed by atoms with Crippen LogP contribution >= 0.6 is 0 Å². The fraction of sp³-hybridized carbons (Fsp3) is 0.0333. The van der Waals surface area contributed by atoms with Crippen LogP contribution in [0, 0.1) is 6.92 Å². The van der Waals surface area contributed by atoms with Crippen LogP contribution < -0.4 is 10.9 Å². The van der Waals surface area contributed by atoms with Crippen molar-refractivity contribution in [3.63, 3.8) is 0 Å². The van der Waals surface area contributed by atoms with E-state index in [9.17, 15) is 9.59 Å². The van der Waals surface area contributed by atoms with Crippen LogP contribution in [0.3, 0.4) is 0 Å². The fourth-order valence-electron chi connectivity index (χ4n) is 4.28. The molecule has 6 heteroatoms. The molecule has 0 saturated carbocycles. The Balaban J connectivity index is 1.31. The molecular formula is C30H20N2O4. The molecule has 1 N–H and O–H groups in total. The Morgan fingerprint density at radius 1 is 0.778 bits per heavy atom. The van der Waals surface area contributed by atoms with Crippen LogP contribution in [0.15, 0.2) is 111 Å². The summed E-state index contributed by atoms with van der Waals surface area (Å²) in [6, 6.07) is 29.2. The second-order valence-electron chi connectivity index (χ2n) is 8.49. The summed E-state index contributed by atoms with van der Waals surface area (Å²) >= 11 is 0.